The van der Waals surface area contributed by atoms with Crippen LogP contribution in [-0.2, 0) is 19.8 Å². The van der Waals surface area contributed by atoms with E-state index in [1.165, 1.54) is 13.2 Å². The summed E-state index contributed by atoms with van der Waals surface area (Å²) in [6, 6.07) is 2.90. The van der Waals surface area contributed by atoms with Crippen LogP contribution in [-0.4, -0.2) is 35.4 Å². The molecule has 8 nitrogen and oxygen atoms in total. The average Bonchev–Trinajstić information content (AvgIpc) is 3.18. The molecule has 4 heterocycles. The normalized spacial score (nSPS) is 18.3. The number of carbonyl (C=O) groups excluding carboxylic acids is 1. The van der Waals surface area contributed by atoms with Crippen LogP contribution >= 0.6 is 0 Å². The minimum absolute atomic E-state index is 0.340. The number of aromatic nitrogens is 6. The molecular formula is C19H17F4N7O. The number of fused-ring (bicyclic) bond motifs is 1. The highest BCUT2D eigenvalue weighted by molar-refractivity contribution is 5.91. The van der Waals surface area contributed by atoms with Crippen molar-refractivity contribution in [1.82, 2.24) is 34.8 Å². The zero-order valence-electron chi connectivity index (χ0n) is 16.3. The molecule has 1 fully saturated rings. The van der Waals surface area contributed by atoms with Crippen molar-refractivity contribution in [2.24, 2.45) is 7.05 Å². The minimum atomic E-state index is -4.74. The van der Waals surface area contributed by atoms with Gasteiger partial charge in [-0.1, -0.05) is 0 Å². The van der Waals surface area contributed by atoms with Gasteiger partial charge in [0.1, 0.15) is 0 Å². The van der Waals surface area contributed by atoms with Crippen molar-refractivity contribution in [2.45, 2.75) is 43.9 Å². The zero-order valence-corrected chi connectivity index (χ0v) is 16.3. The van der Waals surface area contributed by atoms with Gasteiger partial charge in [-0.15, -0.1) is 5.10 Å². The van der Waals surface area contributed by atoms with E-state index in [0.29, 0.717) is 35.8 Å². The average molecular weight is 435 g/mol. The van der Waals surface area contributed by atoms with Crippen LogP contribution in [0.15, 0.2) is 18.3 Å². The Kier molecular flexibility index (Phi) is 4.34. The molecule has 1 atom stereocenters. The van der Waals surface area contributed by atoms with Crippen LogP contribution in [0.3, 0.4) is 0 Å². The van der Waals surface area contributed by atoms with Crippen LogP contribution in [0.2, 0.25) is 0 Å². The topological polar surface area (TPSA) is 90.5 Å². The largest absolute Gasteiger partial charge is 0.453 e. The third-order valence-electron chi connectivity index (χ3n) is 5.47. The second kappa shape index (κ2) is 6.86. The predicted octanol–water partition coefficient (Wildman–Crippen LogP) is 2.98. The van der Waals surface area contributed by atoms with Crippen molar-refractivity contribution in [3.05, 3.63) is 47.2 Å². The van der Waals surface area contributed by atoms with Crippen molar-refractivity contribution < 1.29 is 22.4 Å². The van der Waals surface area contributed by atoms with Gasteiger partial charge in [0.25, 0.3) is 11.7 Å². The van der Waals surface area contributed by atoms with Crippen molar-refractivity contribution >= 4 is 5.91 Å². The van der Waals surface area contributed by atoms with Crippen LogP contribution in [0.1, 0.15) is 59.1 Å². The second-order valence-corrected chi connectivity index (χ2v) is 7.74. The van der Waals surface area contributed by atoms with E-state index >= 15 is 0 Å². The fourth-order valence-electron chi connectivity index (χ4n) is 3.75. The van der Waals surface area contributed by atoms with E-state index < -0.39 is 35.6 Å². The van der Waals surface area contributed by atoms with Crippen molar-refractivity contribution in [2.75, 3.05) is 0 Å². The summed E-state index contributed by atoms with van der Waals surface area (Å²) >= 11 is 0. The zero-order chi connectivity index (χ0) is 21.9. The van der Waals surface area contributed by atoms with E-state index in [2.05, 4.69) is 25.5 Å². The maximum absolute atomic E-state index is 14.4. The Morgan fingerprint density at radius 3 is 2.65 bits per heavy atom. The lowest BCUT2D eigenvalue weighted by Gasteiger charge is -2.11. The van der Waals surface area contributed by atoms with E-state index in [0.717, 1.165) is 23.2 Å². The lowest BCUT2D eigenvalue weighted by atomic mass is 10.1. The van der Waals surface area contributed by atoms with Gasteiger partial charge in [0, 0.05) is 30.8 Å². The fraction of sp³-hybridized carbons (Fsp3) is 0.421. The van der Waals surface area contributed by atoms with Crippen LogP contribution in [0, 0.1) is 5.82 Å². The quantitative estimate of drug-likeness (QED) is 0.637. The summed E-state index contributed by atoms with van der Waals surface area (Å²) in [6.07, 6.45) is -0.984. The summed E-state index contributed by atoms with van der Waals surface area (Å²) in [6.45, 7) is 0.481. The number of nitrogens with one attached hydrogen (secondary N) is 1. The molecule has 3 aromatic heterocycles. The number of hydrogen-bond donors (Lipinski definition) is 1. The van der Waals surface area contributed by atoms with E-state index in [9.17, 15) is 22.4 Å². The molecule has 1 N–H and O–H groups in total. The van der Waals surface area contributed by atoms with Gasteiger partial charge in [0.2, 0.25) is 5.82 Å². The van der Waals surface area contributed by atoms with Gasteiger partial charge in [-0.3, -0.25) is 14.5 Å². The number of pyridine rings is 1. The highest BCUT2D eigenvalue weighted by Gasteiger charge is 2.38. The van der Waals surface area contributed by atoms with Gasteiger partial charge in [-0.25, -0.2) is 9.07 Å². The smallest absolute Gasteiger partial charge is 0.341 e. The molecule has 1 aliphatic heterocycles. The predicted molar refractivity (Wildman–Crippen MR) is 98.2 cm³/mol. The molecule has 0 aromatic carbocycles. The molecule has 2 aliphatic rings. The van der Waals surface area contributed by atoms with Gasteiger partial charge in [0.05, 0.1) is 23.6 Å². The Labute approximate surface area is 173 Å². The Hall–Kier alpha value is -3.31. The molecule has 1 saturated carbocycles. The number of aryl methyl sites for hydroxylation is 2. The third-order valence-corrected chi connectivity index (χ3v) is 5.47. The van der Waals surface area contributed by atoms with Gasteiger partial charge in [0.15, 0.2) is 5.82 Å². The Morgan fingerprint density at radius 1 is 1.19 bits per heavy atom. The Morgan fingerprint density at radius 2 is 1.97 bits per heavy atom. The molecule has 0 bridgehead atoms. The first-order valence-electron chi connectivity index (χ1n) is 9.73. The van der Waals surface area contributed by atoms with Crippen molar-refractivity contribution in [3.8, 4) is 11.3 Å². The molecule has 0 saturated heterocycles. The molecular weight excluding hydrogens is 418 g/mol. The first-order chi connectivity index (χ1) is 14.7. The molecule has 12 heteroatoms. The number of alkyl halides is 3. The van der Waals surface area contributed by atoms with E-state index in [1.54, 1.807) is 16.8 Å². The van der Waals surface area contributed by atoms with Gasteiger partial charge in [-0.05, 0) is 31.4 Å². The Bertz CT molecular complexity index is 1180. The monoisotopic (exact) mass is 435 g/mol. The maximum atomic E-state index is 14.4. The van der Waals surface area contributed by atoms with Gasteiger partial charge in [-0.2, -0.15) is 23.3 Å². The summed E-state index contributed by atoms with van der Waals surface area (Å²) in [5, 5.41) is 10.4. The van der Waals surface area contributed by atoms with Crippen LogP contribution in [0.5, 0.6) is 0 Å². The number of rotatable bonds is 4. The third kappa shape index (κ3) is 3.55. The molecule has 1 amide bonds. The number of hydrogen-bond acceptors (Lipinski definition) is 5. The van der Waals surface area contributed by atoms with Crippen LogP contribution in [0.25, 0.3) is 11.3 Å². The first kappa shape index (κ1) is 19.6. The summed E-state index contributed by atoms with van der Waals surface area (Å²) in [7, 11) is 1.22. The van der Waals surface area contributed by atoms with Crippen LogP contribution < -0.4 is 5.32 Å². The van der Waals surface area contributed by atoms with Crippen molar-refractivity contribution in [1.29, 1.82) is 0 Å². The summed E-state index contributed by atoms with van der Waals surface area (Å²) in [5.74, 6) is -2.73. The fourth-order valence-corrected chi connectivity index (χ4v) is 3.75. The number of nitrogens with zero attached hydrogens (tertiary/aromatic N) is 6. The SMILES string of the molecule is Cn1nc(C(F)(F)F)nc1C(=O)NC1CCn2nc(-c3cc(C4CC4)ncc3F)cc21. The highest BCUT2D eigenvalue weighted by Crippen LogP contribution is 2.40. The Balaban J connectivity index is 1.38. The standard InChI is InChI=1S/C19H17F4N7O/c1-29-16(26-18(28-29)19(21,22)23)17(31)25-12-4-5-30-15(12)7-14(27-30)10-6-13(9-2-3-9)24-8-11(10)20/h6-9,12H,2-5H2,1H3,(H,25,31). The van der Waals surface area contributed by atoms with E-state index in [-0.39, 0.29) is 0 Å². The molecule has 1 unspecified atom stereocenters. The van der Waals surface area contributed by atoms with Crippen molar-refractivity contribution in [3.63, 3.8) is 0 Å². The molecule has 5 rings (SSSR count). The summed E-state index contributed by atoms with van der Waals surface area (Å²) in [4.78, 5) is 20.0. The summed E-state index contributed by atoms with van der Waals surface area (Å²) in [5.41, 5.74) is 2.24. The molecule has 0 spiro atoms. The number of halogens is 4. The lowest BCUT2D eigenvalue weighted by Crippen LogP contribution is -2.29. The minimum Gasteiger partial charge on any atom is -0.341 e. The molecule has 3 aromatic rings. The lowest BCUT2D eigenvalue weighted by molar-refractivity contribution is -0.144. The van der Waals surface area contributed by atoms with Gasteiger partial charge < -0.3 is 5.32 Å². The van der Waals surface area contributed by atoms with Gasteiger partial charge >= 0.3 is 6.18 Å². The number of amides is 1. The molecule has 0 radical (unpaired) electrons. The molecule has 1 aliphatic carbocycles. The van der Waals surface area contributed by atoms with E-state index in [1.807, 2.05) is 0 Å². The number of carbonyl (C=O) groups is 1. The molecule has 31 heavy (non-hydrogen) atoms. The maximum Gasteiger partial charge on any atom is 0.453 e. The van der Waals surface area contributed by atoms with E-state index in [4.69, 9.17) is 0 Å². The molecule has 162 valence electrons. The van der Waals surface area contributed by atoms with Crippen LogP contribution in [0.4, 0.5) is 17.6 Å². The second-order valence-electron chi connectivity index (χ2n) is 7.74. The first-order valence-corrected chi connectivity index (χ1v) is 9.73. The summed E-state index contributed by atoms with van der Waals surface area (Å²) < 4.78 is 55.3. The highest BCUT2D eigenvalue weighted by atomic mass is 19.4.